The van der Waals surface area contributed by atoms with Crippen molar-refractivity contribution in [3.8, 4) is 0 Å². The highest BCUT2D eigenvalue weighted by atomic mass is 16.5. The van der Waals surface area contributed by atoms with Crippen LogP contribution in [-0.4, -0.2) is 60.1 Å². The molecule has 5 heteroatoms. The quantitative estimate of drug-likeness (QED) is 0.784. The summed E-state index contributed by atoms with van der Waals surface area (Å²) in [6.45, 7) is 3.21. The predicted molar refractivity (Wildman–Crippen MR) is 113 cm³/mol. The molecule has 3 atom stereocenters. The van der Waals surface area contributed by atoms with Crippen LogP contribution in [0.2, 0.25) is 0 Å². The molecule has 0 unspecified atom stereocenters. The first-order valence-electron chi connectivity index (χ1n) is 11.2. The van der Waals surface area contributed by atoms with Crippen molar-refractivity contribution in [1.29, 1.82) is 0 Å². The number of rotatable bonds is 4. The van der Waals surface area contributed by atoms with Gasteiger partial charge in [-0.15, -0.1) is 0 Å². The van der Waals surface area contributed by atoms with Gasteiger partial charge in [-0.25, -0.2) is 0 Å². The third-order valence-corrected chi connectivity index (χ3v) is 7.41. The van der Waals surface area contributed by atoms with E-state index in [4.69, 9.17) is 9.15 Å². The van der Waals surface area contributed by atoms with Gasteiger partial charge in [-0.3, -0.25) is 9.69 Å². The molecule has 2 aromatic rings. The Kier molecular flexibility index (Phi) is 5.12. The monoisotopic (exact) mass is 396 g/mol. The van der Waals surface area contributed by atoms with Gasteiger partial charge in [0.2, 0.25) is 5.91 Å². The number of carbonyl (C=O) groups excluding carboxylic acids is 1. The number of fused-ring (bicyclic) bond motifs is 1. The maximum Gasteiger partial charge on any atom is 0.230 e. The molecule has 5 rings (SSSR count). The molecule has 3 fully saturated rings. The van der Waals surface area contributed by atoms with E-state index in [1.54, 1.807) is 0 Å². The van der Waals surface area contributed by atoms with Gasteiger partial charge >= 0.3 is 0 Å². The normalized spacial score (nSPS) is 30.4. The van der Waals surface area contributed by atoms with E-state index in [0.29, 0.717) is 12.5 Å². The fraction of sp³-hybridized carbons (Fsp3) is 0.625. The lowest BCUT2D eigenvalue weighted by molar-refractivity contribution is -0.137. The van der Waals surface area contributed by atoms with E-state index in [2.05, 4.69) is 4.90 Å². The molecule has 3 aliphatic rings. The molecule has 2 saturated heterocycles. The van der Waals surface area contributed by atoms with Crippen molar-refractivity contribution in [2.75, 3.05) is 26.7 Å². The number of para-hydroxylation sites is 1. The lowest BCUT2D eigenvalue weighted by atomic mass is 9.76. The summed E-state index contributed by atoms with van der Waals surface area (Å²) in [5.41, 5.74) is 0.915. The second-order valence-electron chi connectivity index (χ2n) is 9.19. The minimum absolute atomic E-state index is 0.0619. The molecule has 29 heavy (non-hydrogen) atoms. The lowest BCUT2D eigenvalue weighted by Crippen LogP contribution is -2.58. The lowest BCUT2D eigenvalue weighted by Gasteiger charge is -2.48. The van der Waals surface area contributed by atoms with Gasteiger partial charge in [0.15, 0.2) is 0 Å². The maximum absolute atomic E-state index is 13.2. The number of furan rings is 1. The number of hydrogen-bond acceptors (Lipinski definition) is 4. The van der Waals surface area contributed by atoms with Gasteiger partial charge in [0.05, 0.1) is 12.0 Å². The fourth-order valence-corrected chi connectivity index (χ4v) is 5.82. The highest BCUT2D eigenvalue weighted by Gasteiger charge is 2.47. The standard InChI is InChI=1S/C24H32N2O3/c1-25(23(27)16-19-15-18-7-2-3-8-22(18)29-19)20-9-11-24(10-6-14-28-24)17-21(20)26-12-4-5-13-26/h2-3,7-8,15,20-21H,4-6,9-14,16-17H2,1H3/t20-,21-,24-/m1/s1. The molecule has 1 aromatic carbocycles. The smallest absolute Gasteiger partial charge is 0.230 e. The van der Waals surface area contributed by atoms with Gasteiger partial charge in [0.25, 0.3) is 0 Å². The minimum atomic E-state index is 0.0619. The van der Waals surface area contributed by atoms with Crippen molar-refractivity contribution in [3.05, 3.63) is 36.1 Å². The van der Waals surface area contributed by atoms with Crippen LogP contribution in [0.15, 0.2) is 34.7 Å². The Bertz CT molecular complexity index is 831. The van der Waals surface area contributed by atoms with E-state index in [9.17, 15) is 4.79 Å². The van der Waals surface area contributed by atoms with Crippen molar-refractivity contribution < 1.29 is 13.9 Å². The summed E-state index contributed by atoms with van der Waals surface area (Å²) in [5, 5.41) is 1.06. The molecule has 156 valence electrons. The van der Waals surface area contributed by atoms with Crippen molar-refractivity contribution in [2.24, 2.45) is 0 Å². The van der Waals surface area contributed by atoms with Crippen LogP contribution in [0.3, 0.4) is 0 Å². The van der Waals surface area contributed by atoms with Crippen molar-refractivity contribution in [2.45, 2.75) is 69.1 Å². The Hall–Kier alpha value is -1.85. The molecular formula is C24H32N2O3. The Labute approximate surface area is 173 Å². The van der Waals surface area contributed by atoms with Crippen LogP contribution in [0, 0.1) is 0 Å². The second kappa shape index (κ2) is 7.77. The van der Waals surface area contributed by atoms with E-state index >= 15 is 0 Å². The zero-order valence-corrected chi connectivity index (χ0v) is 17.4. The van der Waals surface area contributed by atoms with Crippen LogP contribution in [0.4, 0.5) is 0 Å². The summed E-state index contributed by atoms with van der Waals surface area (Å²) in [7, 11) is 1.99. The molecule has 2 aliphatic heterocycles. The number of ether oxygens (including phenoxy) is 1. The van der Waals surface area contributed by atoms with Crippen LogP contribution in [0.5, 0.6) is 0 Å². The topological polar surface area (TPSA) is 45.9 Å². The van der Waals surface area contributed by atoms with E-state index in [1.807, 2.05) is 42.3 Å². The van der Waals surface area contributed by atoms with Crippen LogP contribution < -0.4 is 0 Å². The third-order valence-electron chi connectivity index (χ3n) is 7.41. The van der Waals surface area contributed by atoms with Gasteiger partial charge in [-0.2, -0.15) is 0 Å². The van der Waals surface area contributed by atoms with Crippen molar-refractivity contribution in [3.63, 3.8) is 0 Å². The highest BCUT2D eigenvalue weighted by Crippen LogP contribution is 2.43. The molecule has 0 bridgehead atoms. The molecule has 1 saturated carbocycles. The largest absolute Gasteiger partial charge is 0.461 e. The number of benzene rings is 1. The average molecular weight is 397 g/mol. The molecular weight excluding hydrogens is 364 g/mol. The Morgan fingerprint density at radius 3 is 2.79 bits per heavy atom. The first kappa shape index (κ1) is 19.1. The molecule has 3 heterocycles. The van der Waals surface area contributed by atoms with Crippen LogP contribution in [0.25, 0.3) is 11.0 Å². The number of carbonyl (C=O) groups is 1. The number of likely N-dealkylation sites (tertiary alicyclic amines) is 1. The molecule has 0 radical (unpaired) electrons. The summed E-state index contributed by atoms with van der Waals surface area (Å²) in [4.78, 5) is 17.8. The van der Waals surface area contributed by atoms with E-state index in [-0.39, 0.29) is 17.6 Å². The molecule has 0 N–H and O–H groups in total. The Balaban J connectivity index is 1.32. The number of amides is 1. The summed E-state index contributed by atoms with van der Waals surface area (Å²) in [6.07, 6.45) is 8.41. The molecule has 1 amide bonds. The van der Waals surface area contributed by atoms with Crippen LogP contribution >= 0.6 is 0 Å². The van der Waals surface area contributed by atoms with Crippen LogP contribution in [-0.2, 0) is 16.0 Å². The number of likely N-dealkylation sites (N-methyl/N-ethyl adjacent to an activating group) is 1. The SMILES string of the molecule is CN(C(=O)Cc1cc2ccccc2o1)[C@@H]1CC[C@]2(CCCO2)C[C@H]1N1CCCC1. The molecule has 1 aliphatic carbocycles. The predicted octanol–water partition coefficient (Wildman–Crippen LogP) is 4.00. The van der Waals surface area contributed by atoms with Gasteiger partial charge in [-0.05, 0) is 70.2 Å². The number of nitrogens with zero attached hydrogens (tertiary/aromatic N) is 2. The van der Waals surface area contributed by atoms with E-state index < -0.39 is 0 Å². The van der Waals surface area contributed by atoms with Crippen molar-refractivity contribution in [1.82, 2.24) is 9.80 Å². The molecule has 1 aromatic heterocycles. The maximum atomic E-state index is 13.2. The Morgan fingerprint density at radius 2 is 2.03 bits per heavy atom. The first-order chi connectivity index (χ1) is 14.1. The summed E-state index contributed by atoms with van der Waals surface area (Å²) in [5.74, 6) is 0.911. The fourth-order valence-electron chi connectivity index (χ4n) is 5.82. The first-order valence-corrected chi connectivity index (χ1v) is 11.2. The molecule has 5 nitrogen and oxygen atoms in total. The van der Waals surface area contributed by atoms with Gasteiger partial charge < -0.3 is 14.1 Å². The highest BCUT2D eigenvalue weighted by molar-refractivity contribution is 5.82. The van der Waals surface area contributed by atoms with Crippen molar-refractivity contribution >= 4 is 16.9 Å². The number of hydrogen-bond donors (Lipinski definition) is 0. The summed E-state index contributed by atoms with van der Waals surface area (Å²) in [6, 6.07) is 10.6. The second-order valence-corrected chi connectivity index (χ2v) is 9.19. The van der Waals surface area contributed by atoms with E-state index in [1.165, 1.54) is 25.7 Å². The van der Waals surface area contributed by atoms with Gasteiger partial charge in [0.1, 0.15) is 11.3 Å². The van der Waals surface area contributed by atoms with Gasteiger partial charge in [-0.1, -0.05) is 18.2 Å². The summed E-state index contributed by atoms with van der Waals surface area (Å²) >= 11 is 0. The minimum Gasteiger partial charge on any atom is -0.461 e. The zero-order chi connectivity index (χ0) is 19.8. The van der Waals surface area contributed by atoms with E-state index in [0.717, 1.165) is 55.7 Å². The average Bonchev–Trinajstić information content (AvgIpc) is 3.48. The van der Waals surface area contributed by atoms with Gasteiger partial charge in [0, 0.05) is 31.1 Å². The third kappa shape index (κ3) is 3.71. The summed E-state index contributed by atoms with van der Waals surface area (Å²) < 4.78 is 12.1. The molecule has 1 spiro atoms. The zero-order valence-electron chi connectivity index (χ0n) is 17.4. The van der Waals surface area contributed by atoms with Crippen LogP contribution in [0.1, 0.15) is 50.7 Å². The Morgan fingerprint density at radius 1 is 1.21 bits per heavy atom.